The summed E-state index contributed by atoms with van der Waals surface area (Å²) in [5.41, 5.74) is 7.52. The predicted molar refractivity (Wildman–Crippen MR) is 82.3 cm³/mol. The summed E-state index contributed by atoms with van der Waals surface area (Å²) in [7, 11) is 0. The van der Waals surface area contributed by atoms with E-state index in [0.717, 1.165) is 17.9 Å². The monoisotopic (exact) mass is 274 g/mol. The molecule has 0 saturated carbocycles. The van der Waals surface area contributed by atoms with E-state index in [0.29, 0.717) is 18.4 Å². The molecule has 0 spiro atoms. The molecule has 0 fully saturated rings. The summed E-state index contributed by atoms with van der Waals surface area (Å²) in [6.07, 6.45) is 3.34. The molecule has 1 unspecified atom stereocenters. The van der Waals surface area contributed by atoms with Crippen LogP contribution in [0.5, 0.6) is 0 Å². The fourth-order valence-electron chi connectivity index (χ4n) is 2.10. The minimum absolute atomic E-state index is 0.131. The number of rotatable bonds is 6. The van der Waals surface area contributed by atoms with E-state index in [9.17, 15) is 4.79 Å². The Hall–Kier alpha value is -2.01. The zero-order valence-corrected chi connectivity index (χ0v) is 12.0. The van der Waals surface area contributed by atoms with Crippen LogP contribution < -0.4 is 16.7 Å². The lowest BCUT2D eigenvalue weighted by molar-refractivity contribution is 0.413. The smallest absolute Gasteiger partial charge is 0.330 e. The number of nitrogens with zero attached hydrogens (tertiary/aromatic N) is 1. The van der Waals surface area contributed by atoms with Gasteiger partial charge in [-0.3, -0.25) is 4.57 Å². The molecule has 0 aliphatic rings. The molecular formula is C15H22N4O. The van der Waals surface area contributed by atoms with Crippen molar-refractivity contribution in [2.45, 2.75) is 13.8 Å². The van der Waals surface area contributed by atoms with E-state index in [2.05, 4.69) is 24.1 Å². The first-order valence-corrected chi connectivity index (χ1v) is 6.92. The molecule has 0 aliphatic heterocycles. The Bertz CT molecular complexity index is 582. The third-order valence-electron chi connectivity index (χ3n) is 3.61. The predicted octanol–water partition coefficient (Wildman–Crippen LogP) is 1.81. The molecule has 1 aromatic heterocycles. The second-order valence-electron chi connectivity index (χ2n) is 5.30. The van der Waals surface area contributed by atoms with Gasteiger partial charge >= 0.3 is 5.69 Å². The topological polar surface area (TPSA) is 75.8 Å². The molecule has 0 bridgehead atoms. The molecular weight excluding hydrogens is 252 g/mol. The highest BCUT2D eigenvalue weighted by Gasteiger charge is 2.10. The van der Waals surface area contributed by atoms with Gasteiger partial charge < -0.3 is 16.0 Å². The van der Waals surface area contributed by atoms with Crippen molar-refractivity contribution in [1.82, 2.24) is 9.55 Å². The third-order valence-corrected chi connectivity index (χ3v) is 3.61. The van der Waals surface area contributed by atoms with Crippen molar-refractivity contribution in [3.63, 3.8) is 0 Å². The molecule has 0 saturated heterocycles. The summed E-state index contributed by atoms with van der Waals surface area (Å²) in [5, 5.41) is 3.39. The maximum Gasteiger partial charge on any atom is 0.330 e. The van der Waals surface area contributed by atoms with Gasteiger partial charge in [0.25, 0.3) is 0 Å². The van der Waals surface area contributed by atoms with Gasteiger partial charge in [0.2, 0.25) is 0 Å². The van der Waals surface area contributed by atoms with Gasteiger partial charge in [-0.25, -0.2) is 4.79 Å². The standard InChI is InChI=1S/C15H22N4O/c1-11(2)12(9-16)10-18-13-3-5-14(6-4-13)19-8-7-17-15(19)20/h3-8,11-12,18H,9-10,16H2,1-2H3,(H,17,20). The molecule has 5 nitrogen and oxygen atoms in total. The van der Waals surface area contributed by atoms with Crippen LogP contribution in [0.4, 0.5) is 5.69 Å². The van der Waals surface area contributed by atoms with Crippen LogP contribution in [0.25, 0.3) is 5.69 Å². The Kier molecular flexibility index (Phi) is 4.63. The van der Waals surface area contributed by atoms with E-state index in [4.69, 9.17) is 5.73 Å². The Labute approximate surface area is 118 Å². The molecule has 1 atom stereocenters. The summed E-state index contributed by atoms with van der Waals surface area (Å²) < 4.78 is 1.57. The molecule has 4 N–H and O–H groups in total. The Balaban J connectivity index is 2.02. The SMILES string of the molecule is CC(C)C(CN)CNc1ccc(-n2cc[nH]c2=O)cc1. The molecule has 5 heteroatoms. The van der Waals surface area contributed by atoms with Crippen LogP contribution in [0.15, 0.2) is 41.5 Å². The van der Waals surface area contributed by atoms with Crippen LogP contribution in [-0.4, -0.2) is 22.6 Å². The number of nitrogens with one attached hydrogen (secondary N) is 2. The van der Waals surface area contributed by atoms with Crippen molar-refractivity contribution in [1.29, 1.82) is 0 Å². The Morgan fingerprint density at radius 2 is 2.00 bits per heavy atom. The van der Waals surface area contributed by atoms with E-state index < -0.39 is 0 Å². The fourth-order valence-corrected chi connectivity index (χ4v) is 2.10. The van der Waals surface area contributed by atoms with Gasteiger partial charge in [-0.15, -0.1) is 0 Å². The minimum Gasteiger partial charge on any atom is -0.385 e. The van der Waals surface area contributed by atoms with Crippen LogP contribution in [0.2, 0.25) is 0 Å². The van der Waals surface area contributed by atoms with Gasteiger partial charge in [0, 0.05) is 24.6 Å². The first-order chi connectivity index (χ1) is 9.61. The van der Waals surface area contributed by atoms with E-state index >= 15 is 0 Å². The van der Waals surface area contributed by atoms with Gasteiger partial charge in [0.1, 0.15) is 0 Å². The highest BCUT2D eigenvalue weighted by Crippen LogP contribution is 2.14. The summed E-state index contributed by atoms with van der Waals surface area (Å²) in [6, 6.07) is 7.79. The van der Waals surface area contributed by atoms with Crippen LogP contribution >= 0.6 is 0 Å². The highest BCUT2D eigenvalue weighted by atomic mass is 16.1. The average molecular weight is 274 g/mol. The van der Waals surface area contributed by atoms with E-state index in [1.165, 1.54) is 0 Å². The minimum atomic E-state index is -0.131. The van der Waals surface area contributed by atoms with Gasteiger partial charge in [0.15, 0.2) is 0 Å². The maximum absolute atomic E-state index is 11.5. The largest absolute Gasteiger partial charge is 0.385 e. The number of H-pyrrole nitrogens is 1. The normalized spacial score (nSPS) is 12.6. The van der Waals surface area contributed by atoms with Crippen molar-refractivity contribution in [2.75, 3.05) is 18.4 Å². The van der Waals surface area contributed by atoms with Gasteiger partial charge in [-0.1, -0.05) is 13.8 Å². The Morgan fingerprint density at radius 3 is 2.50 bits per heavy atom. The van der Waals surface area contributed by atoms with Crippen molar-refractivity contribution >= 4 is 5.69 Å². The van der Waals surface area contributed by atoms with Crippen molar-refractivity contribution in [3.8, 4) is 5.69 Å². The quantitative estimate of drug-likeness (QED) is 0.752. The highest BCUT2D eigenvalue weighted by molar-refractivity contribution is 5.48. The Morgan fingerprint density at radius 1 is 1.30 bits per heavy atom. The zero-order chi connectivity index (χ0) is 14.5. The van der Waals surface area contributed by atoms with Crippen LogP contribution in [0, 0.1) is 11.8 Å². The maximum atomic E-state index is 11.5. The molecule has 2 aromatic rings. The van der Waals surface area contributed by atoms with E-state index in [-0.39, 0.29) is 5.69 Å². The third kappa shape index (κ3) is 3.30. The summed E-state index contributed by atoms with van der Waals surface area (Å²) in [5.74, 6) is 1.02. The molecule has 0 amide bonds. The van der Waals surface area contributed by atoms with Crippen molar-refractivity contribution < 1.29 is 0 Å². The zero-order valence-electron chi connectivity index (χ0n) is 12.0. The molecule has 2 rings (SSSR count). The van der Waals surface area contributed by atoms with Gasteiger partial charge in [-0.2, -0.15) is 0 Å². The number of hydrogen-bond acceptors (Lipinski definition) is 3. The molecule has 1 aromatic carbocycles. The first kappa shape index (κ1) is 14.4. The second kappa shape index (κ2) is 6.43. The second-order valence-corrected chi connectivity index (χ2v) is 5.30. The van der Waals surface area contributed by atoms with Crippen LogP contribution in [0.1, 0.15) is 13.8 Å². The lowest BCUT2D eigenvalue weighted by atomic mass is 9.96. The summed E-state index contributed by atoms with van der Waals surface area (Å²) >= 11 is 0. The lowest BCUT2D eigenvalue weighted by Crippen LogP contribution is -2.27. The van der Waals surface area contributed by atoms with Crippen molar-refractivity contribution in [2.24, 2.45) is 17.6 Å². The van der Waals surface area contributed by atoms with Gasteiger partial charge in [-0.05, 0) is 42.6 Å². The number of imidazole rings is 1. The number of aromatic amines is 1. The number of nitrogens with two attached hydrogens (primary N) is 1. The number of benzene rings is 1. The number of aromatic nitrogens is 2. The molecule has 0 aliphatic carbocycles. The molecule has 1 heterocycles. The molecule has 20 heavy (non-hydrogen) atoms. The molecule has 108 valence electrons. The summed E-state index contributed by atoms with van der Waals surface area (Å²) in [6.45, 7) is 5.90. The van der Waals surface area contributed by atoms with Crippen molar-refractivity contribution in [3.05, 3.63) is 47.1 Å². The van der Waals surface area contributed by atoms with E-state index in [1.54, 1.807) is 17.0 Å². The van der Waals surface area contributed by atoms with Crippen LogP contribution in [0.3, 0.4) is 0 Å². The summed E-state index contributed by atoms with van der Waals surface area (Å²) in [4.78, 5) is 14.1. The molecule has 0 radical (unpaired) electrons. The number of hydrogen-bond donors (Lipinski definition) is 3. The average Bonchev–Trinajstić information content (AvgIpc) is 2.86. The van der Waals surface area contributed by atoms with Gasteiger partial charge in [0.05, 0.1) is 5.69 Å². The van der Waals surface area contributed by atoms with Crippen LogP contribution in [-0.2, 0) is 0 Å². The van der Waals surface area contributed by atoms with E-state index in [1.807, 2.05) is 24.3 Å². The number of anilines is 1. The lowest BCUT2D eigenvalue weighted by Gasteiger charge is -2.20. The fraction of sp³-hybridized carbons (Fsp3) is 0.400. The first-order valence-electron chi connectivity index (χ1n) is 6.92.